The second-order valence-electron chi connectivity index (χ2n) is 3.16. The van der Waals surface area contributed by atoms with E-state index in [1.807, 2.05) is 24.5 Å². The number of anilines is 1. The van der Waals surface area contributed by atoms with E-state index in [-0.39, 0.29) is 0 Å². The topological polar surface area (TPSA) is 61.3 Å². The Morgan fingerprint density at radius 1 is 1.44 bits per heavy atom. The highest BCUT2D eigenvalue weighted by molar-refractivity contribution is 7.98. The summed E-state index contributed by atoms with van der Waals surface area (Å²) < 4.78 is 10.5. The van der Waals surface area contributed by atoms with Gasteiger partial charge in [-0.3, -0.25) is 0 Å². The molecule has 0 spiro atoms. The standard InChI is InChI=1S/C11H12N2O2S/c1-14-11-7(4-3-5-9(11)16-2)8-6-10(12)13-15-8/h3-6H,1-2H3,(H2,12,13). The first-order valence-electron chi connectivity index (χ1n) is 4.70. The summed E-state index contributed by atoms with van der Waals surface area (Å²) in [5, 5.41) is 3.66. The predicted octanol–water partition coefficient (Wildman–Crippen LogP) is 2.65. The fraction of sp³-hybridized carbons (Fsp3) is 0.182. The van der Waals surface area contributed by atoms with Gasteiger partial charge in [-0.25, -0.2) is 0 Å². The molecule has 0 saturated carbocycles. The van der Waals surface area contributed by atoms with Crippen LogP contribution in [0.3, 0.4) is 0 Å². The lowest BCUT2D eigenvalue weighted by Gasteiger charge is -2.09. The number of thioether (sulfide) groups is 1. The molecule has 0 aliphatic heterocycles. The van der Waals surface area contributed by atoms with E-state index in [1.165, 1.54) is 0 Å². The van der Waals surface area contributed by atoms with E-state index in [9.17, 15) is 0 Å². The molecule has 1 heterocycles. The lowest BCUT2D eigenvalue weighted by molar-refractivity contribution is 0.399. The Morgan fingerprint density at radius 2 is 2.25 bits per heavy atom. The van der Waals surface area contributed by atoms with Crippen molar-refractivity contribution in [2.24, 2.45) is 0 Å². The van der Waals surface area contributed by atoms with Gasteiger partial charge >= 0.3 is 0 Å². The first kappa shape index (κ1) is 10.9. The summed E-state index contributed by atoms with van der Waals surface area (Å²) in [4.78, 5) is 1.05. The summed E-state index contributed by atoms with van der Waals surface area (Å²) in [5.74, 6) is 1.77. The van der Waals surface area contributed by atoms with Crippen molar-refractivity contribution in [3.63, 3.8) is 0 Å². The Labute approximate surface area is 97.8 Å². The minimum Gasteiger partial charge on any atom is -0.495 e. The van der Waals surface area contributed by atoms with Gasteiger partial charge in [0.2, 0.25) is 0 Å². The van der Waals surface area contributed by atoms with Crippen LogP contribution in [0, 0.1) is 0 Å². The van der Waals surface area contributed by atoms with E-state index < -0.39 is 0 Å². The molecule has 0 radical (unpaired) electrons. The quantitative estimate of drug-likeness (QED) is 0.830. The molecule has 4 nitrogen and oxygen atoms in total. The van der Waals surface area contributed by atoms with Crippen molar-refractivity contribution in [1.29, 1.82) is 0 Å². The highest BCUT2D eigenvalue weighted by atomic mass is 32.2. The fourth-order valence-corrected chi connectivity index (χ4v) is 2.09. The molecule has 2 rings (SSSR count). The zero-order valence-corrected chi connectivity index (χ0v) is 9.88. The van der Waals surface area contributed by atoms with E-state index in [0.717, 1.165) is 16.2 Å². The van der Waals surface area contributed by atoms with Gasteiger partial charge < -0.3 is 15.0 Å². The van der Waals surface area contributed by atoms with Crippen LogP contribution in [0.25, 0.3) is 11.3 Å². The van der Waals surface area contributed by atoms with Crippen molar-refractivity contribution in [2.75, 3.05) is 19.1 Å². The van der Waals surface area contributed by atoms with Gasteiger partial charge in [0, 0.05) is 11.0 Å². The van der Waals surface area contributed by atoms with E-state index in [4.69, 9.17) is 15.0 Å². The summed E-state index contributed by atoms with van der Waals surface area (Å²) in [7, 11) is 1.64. The molecule has 0 fully saturated rings. The number of methoxy groups -OCH3 is 1. The Morgan fingerprint density at radius 3 is 2.81 bits per heavy atom. The molecule has 5 heteroatoms. The second kappa shape index (κ2) is 4.49. The highest BCUT2D eigenvalue weighted by Gasteiger charge is 2.13. The molecule has 2 aromatic rings. The first-order valence-corrected chi connectivity index (χ1v) is 5.92. The van der Waals surface area contributed by atoms with Crippen LogP contribution >= 0.6 is 11.8 Å². The minimum absolute atomic E-state index is 0.367. The SMILES string of the molecule is COc1c(SC)cccc1-c1cc(N)no1. The molecule has 0 aliphatic rings. The molecule has 0 saturated heterocycles. The minimum atomic E-state index is 0.367. The Balaban J connectivity index is 2.56. The average Bonchev–Trinajstić information content (AvgIpc) is 2.74. The van der Waals surface area contributed by atoms with Gasteiger partial charge in [0.1, 0.15) is 5.75 Å². The third-order valence-electron chi connectivity index (χ3n) is 2.20. The number of nitrogen functional groups attached to an aromatic ring is 1. The number of nitrogens with zero attached hydrogens (tertiary/aromatic N) is 1. The van der Waals surface area contributed by atoms with Crippen LogP contribution in [0.2, 0.25) is 0 Å². The molecule has 0 amide bonds. The summed E-state index contributed by atoms with van der Waals surface area (Å²) in [5.41, 5.74) is 6.39. The van der Waals surface area contributed by atoms with Crippen LogP contribution in [0.15, 0.2) is 33.7 Å². The van der Waals surface area contributed by atoms with Gasteiger partial charge in [-0.15, -0.1) is 11.8 Å². The molecule has 1 aromatic heterocycles. The molecular formula is C11H12N2O2S. The lowest BCUT2D eigenvalue weighted by atomic mass is 10.1. The number of rotatable bonds is 3. The average molecular weight is 236 g/mol. The van der Waals surface area contributed by atoms with Crippen molar-refractivity contribution in [3.05, 3.63) is 24.3 Å². The number of hydrogen-bond donors (Lipinski definition) is 1. The van der Waals surface area contributed by atoms with E-state index >= 15 is 0 Å². The normalized spacial score (nSPS) is 10.4. The number of para-hydroxylation sites is 1. The molecule has 2 N–H and O–H groups in total. The van der Waals surface area contributed by atoms with Crippen molar-refractivity contribution in [1.82, 2.24) is 5.16 Å². The zero-order chi connectivity index (χ0) is 11.5. The van der Waals surface area contributed by atoms with Crippen LogP contribution in [-0.2, 0) is 0 Å². The maximum atomic E-state index is 5.53. The van der Waals surface area contributed by atoms with Crippen LogP contribution in [0.5, 0.6) is 5.75 Å². The van der Waals surface area contributed by atoms with Crippen molar-refractivity contribution in [2.45, 2.75) is 4.90 Å². The largest absolute Gasteiger partial charge is 0.495 e. The third-order valence-corrected chi connectivity index (χ3v) is 2.96. The van der Waals surface area contributed by atoms with Gasteiger partial charge in [0.25, 0.3) is 0 Å². The third kappa shape index (κ3) is 1.86. The summed E-state index contributed by atoms with van der Waals surface area (Å²) in [6.07, 6.45) is 2.00. The molecular weight excluding hydrogens is 224 g/mol. The molecule has 0 atom stereocenters. The van der Waals surface area contributed by atoms with Crippen LogP contribution < -0.4 is 10.5 Å². The second-order valence-corrected chi connectivity index (χ2v) is 4.01. The summed E-state index contributed by atoms with van der Waals surface area (Å²) in [6, 6.07) is 7.54. The molecule has 0 aliphatic carbocycles. The van der Waals surface area contributed by atoms with Crippen LogP contribution in [0.1, 0.15) is 0 Å². The Bertz CT molecular complexity index is 496. The molecule has 1 aromatic carbocycles. The van der Waals surface area contributed by atoms with E-state index in [2.05, 4.69) is 5.16 Å². The smallest absolute Gasteiger partial charge is 0.172 e. The number of ether oxygens (including phenoxy) is 1. The van der Waals surface area contributed by atoms with E-state index in [1.54, 1.807) is 24.9 Å². The number of hydrogen-bond acceptors (Lipinski definition) is 5. The van der Waals surface area contributed by atoms with Crippen molar-refractivity contribution < 1.29 is 9.26 Å². The number of aromatic nitrogens is 1. The van der Waals surface area contributed by atoms with Crippen molar-refractivity contribution >= 4 is 17.6 Å². The van der Waals surface area contributed by atoms with Crippen LogP contribution in [-0.4, -0.2) is 18.5 Å². The highest BCUT2D eigenvalue weighted by Crippen LogP contribution is 2.37. The van der Waals surface area contributed by atoms with Gasteiger partial charge in [-0.05, 0) is 18.4 Å². The first-order chi connectivity index (χ1) is 7.76. The fourth-order valence-electron chi connectivity index (χ4n) is 1.50. The molecule has 0 unspecified atom stereocenters. The monoisotopic (exact) mass is 236 g/mol. The predicted molar refractivity (Wildman–Crippen MR) is 64.7 cm³/mol. The number of nitrogens with two attached hydrogens (primary N) is 1. The maximum absolute atomic E-state index is 5.53. The number of benzene rings is 1. The van der Waals surface area contributed by atoms with Gasteiger partial charge in [-0.2, -0.15) is 0 Å². The van der Waals surface area contributed by atoms with Gasteiger partial charge in [0.15, 0.2) is 11.6 Å². The van der Waals surface area contributed by atoms with E-state index in [0.29, 0.717) is 11.6 Å². The Hall–Kier alpha value is -1.62. The van der Waals surface area contributed by atoms with Crippen LogP contribution in [0.4, 0.5) is 5.82 Å². The van der Waals surface area contributed by atoms with Gasteiger partial charge in [-0.1, -0.05) is 11.2 Å². The van der Waals surface area contributed by atoms with Gasteiger partial charge in [0.05, 0.1) is 12.7 Å². The molecule has 16 heavy (non-hydrogen) atoms. The summed E-state index contributed by atoms with van der Waals surface area (Å²) in [6.45, 7) is 0. The Kier molecular flexibility index (Phi) is 3.05. The molecule has 0 bridgehead atoms. The van der Waals surface area contributed by atoms with Crippen molar-refractivity contribution in [3.8, 4) is 17.1 Å². The molecule has 84 valence electrons. The lowest BCUT2D eigenvalue weighted by Crippen LogP contribution is -1.89. The maximum Gasteiger partial charge on any atom is 0.172 e. The zero-order valence-electron chi connectivity index (χ0n) is 9.06. The summed E-state index contributed by atoms with van der Waals surface area (Å²) >= 11 is 1.62.